The van der Waals surface area contributed by atoms with E-state index in [-0.39, 0.29) is 0 Å². The van der Waals surface area contributed by atoms with Gasteiger partial charge < -0.3 is 22.7 Å². The molecule has 0 bridgehead atoms. The third kappa shape index (κ3) is 13.2. The maximum Gasteiger partial charge on any atom is 0.159 e. The van der Waals surface area contributed by atoms with Gasteiger partial charge in [-0.05, 0) is 141 Å². The first-order valence-corrected chi connectivity index (χ1v) is 60.3. The minimum atomic E-state index is -2.09. The summed E-state index contributed by atoms with van der Waals surface area (Å²) in [5.74, 6) is 2.36. The van der Waals surface area contributed by atoms with Crippen LogP contribution in [0.5, 0.6) is 0 Å². The highest BCUT2D eigenvalue weighted by Gasteiger charge is 2.45. The molecule has 694 valence electrons. The lowest BCUT2D eigenvalue weighted by Crippen LogP contribution is -2.50. The molecule has 19 aromatic carbocycles. The average Bonchev–Trinajstić information content (AvgIpc) is 1.51. The Morgan fingerprint density at radius 1 is 0.211 bits per heavy atom. The van der Waals surface area contributed by atoms with Crippen molar-refractivity contribution in [2.24, 2.45) is 0 Å². The number of thiophene rings is 1. The van der Waals surface area contributed by atoms with Gasteiger partial charge in [-0.1, -0.05) is 379 Å². The smallest absolute Gasteiger partial charge is 0.159 e. The van der Waals surface area contributed by atoms with E-state index in [1.165, 1.54) is 161 Å². The summed E-state index contributed by atoms with van der Waals surface area (Å²) in [6, 6.07) is 161. The number of hydrogen-bond acceptors (Lipinski definition) is 8. The number of benzene rings is 19. The second kappa shape index (κ2) is 33.2. The highest BCUT2D eigenvalue weighted by atomic mass is 32.1. The summed E-state index contributed by atoms with van der Waals surface area (Å²) in [4.78, 5) is 32.2. The van der Waals surface area contributed by atoms with E-state index in [4.69, 9.17) is 34.3 Å². The van der Waals surface area contributed by atoms with Crippen LogP contribution in [0.15, 0.2) is 453 Å². The SMILES string of the molecule is C[Si]1(C)c2ccccc2-c2c(-c3cccc(-n4c5ccccc5c5ccc6c(c7ccccc7n6-c6ccccc6)c54)c3)nc(-c3ccccc3)nc21.C[Si]1(C)c2ccccc2-c2c(-c3cccc(-n4c5ccccc5c5ccc6oc7ccccc7c6c54)c3)nc(-c3ccccc3)nc21.C[Si]1(C)c2ccccc2-c2c(-c3cccc(-n4c5ccccc5c5ccc6sc7ccccc7c6c54)c3)nc(-c3ccccc3)nc21. The first-order chi connectivity index (χ1) is 72.2. The monoisotopic (exact) mass is 1950 g/mol. The van der Waals surface area contributed by atoms with Gasteiger partial charge in [0, 0.05) is 157 Å². The van der Waals surface area contributed by atoms with Crippen molar-refractivity contribution in [2.45, 2.75) is 39.3 Å². The molecule has 0 unspecified atom stereocenters. The van der Waals surface area contributed by atoms with E-state index in [2.05, 4.69) is 494 Å². The van der Waals surface area contributed by atoms with Crippen molar-refractivity contribution in [3.63, 3.8) is 0 Å². The van der Waals surface area contributed by atoms with Crippen LogP contribution in [0.25, 0.3) is 253 Å². The van der Waals surface area contributed by atoms with E-state index in [1.807, 2.05) is 23.5 Å². The van der Waals surface area contributed by atoms with Crippen LogP contribution >= 0.6 is 11.3 Å². The van der Waals surface area contributed by atoms with Crippen LogP contribution < -0.4 is 31.5 Å². The molecule has 0 saturated heterocycles. The molecule has 0 atom stereocenters. The summed E-state index contributed by atoms with van der Waals surface area (Å²) in [6.45, 7) is 14.5. The van der Waals surface area contributed by atoms with Crippen LogP contribution in [-0.4, -0.2) is 72.4 Å². The standard InChI is InChI=1S/C48H34N4Si.C42H29N3OSi.C42H29N3SSi/c1-53(2)42-27-14-11-24-38(42)44-45(49-47(50-48(44)53)31-16-5-3-6-17-31)32-18-15-21-34(30-32)52-39-25-12-9-22-35(39)36-28-29-41-43(46(36)52)37-23-10-13-26-40(37)51(41)33-19-7-4-8-20-33;2*1-47(2)36-22-11-8-19-32(36)38-39(43-41(44-42(38)47)26-13-4-3-5-14-26)27-15-12-16-28(25-27)45-33-20-9-6-17-29(33)30-23-24-35-37(40(30)45)31-18-7-10-21-34(31)46-35/h3-30H,1-2H3;2*3-25H,1-2H3. The minimum absolute atomic E-state index is 0.779. The van der Waals surface area contributed by atoms with Crippen molar-refractivity contribution < 1.29 is 4.42 Å². The van der Waals surface area contributed by atoms with Gasteiger partial charge in [0.05, 0.1) is 66.6 Å². The zero-order chi connectivity index (χ0) is 97.8. The van der Waals surface area contributed by atoms with Crippen LogP contribution in [0.1, 0.15) is 0 Å². The quantitative estimate of drug-likeness (QED) is 0.125. The maximum atomic E-state index is 6.37. The summed E-state index contributed by atoms with van der Waals surface area (Å²) in [7, 11) is -6.21. The van der Waals surface area contributed by atoms with Gasteiger partial charge in [-0.25, -0.2) is 29.9 Å². The van der Waals surface area contributed by atoms with Crippen molar-refractivity contribution >= 4 is 196 Å². The molecule has 147 heavy (non-hydrogen) atoms. The summed E-state index contributed by atoms with van der Waals surface area (Å²) < 4.78 is 18.8. The topological polar surface area (TPSA) is 110 Å². The molecule has 0 spiro atoms. The van der Waals surface area contributed by atoms with Crippen LogP contribution in [0.3, 0.4) is 0 Å². The summed E-state index contributed by atoms with van der Waals surface area (Å²) >= 11 is 1.87. The fraction of sp³-hybridized carbons (Fsp3) is 0.0455. The van der Waals surface area contributed by atoms with Crippen LogP contribution in [-0.2, 0) is 0 Å². The normalized spacial score (nSPS) is 13.4. The Morgan fingerprint density at radius 2 is 0.537 bits per heavy atom. The van der Waals surface area contributed by atoms with Crippen molar-refractivity contribution in [3.8, 4) is 124 Å². The predicted octanol–water partition coefficient (Wildman–Crippen LogP) is 30.5. The van der Waals surface area contributed by atoms with E-state index in [1.54, 1.807) is 0 Å². The Labute approximate surface area is 854 Å². The van der Waals surface area contributed by atoms with Gasteiger partial charge in [0.25, 0.3) is 0 Å². The van der Waals surface area contributed by atoms with Crippen molar-refractivity contribution in [1.82, 2.24) is 48.2 Å². The van der Waals surface area contributed by atoms with Crippen LogP contribution in [0, 0.1) is 0 Å². The van der Waals surface area contributed by atoms with Gasteiger partial charge in [0.1, 0.15) is 35.4 Å². The molecule has 0 amide bonds. The molecule has 11 nitrogen and oxygen atoms in total. The predicted molar refractivity (Wildman–Crippen MR) is 623 cm³/mol. The highest BCUT2D eigenvalue weighted by Crippen LogP contribution is 2.50. The molecule has 31 rings (SSSR count). The number of nitrogens with zero attached hydrogens (tertiary/aromatic N) is 10. The summed E-state index contributed by atoms with van der Waals surface area (Å²) in [5.41, 5.74) is 32.6. The minimum Gasteiger partial charge on any atom is -0.456 e. The van der Waals surface area contributed by atoms with Crippen LogP contribution in [0.2, 0.25) is 39.3 Å². The van der Waals surface area contributed by atoms with E-state index in [0.29, 0.717) is 0 Å². The molecular formula is C132H92N10OSSi3. The van der Waals surface area contributed by atoms with Crippen molar-refractivity contribution in [2.75, 3.05) is 0 Å². The third-order valence-corrected chi connectivity index (χ3v) is 42.3. The van der Waals surface area contributed by atoms with Gasteiger partial charge in [0.15, 0.2) is 17.5 Å². The fourth-order valence-corrected chi connectivity index (χ4v) is 34.3. The molecule has 15 heteroatoms. The van der Waals surface area contributed by atoms with E-state index in [0.717, 1.165) is 124 Å². The summed E-state index contributed by atoms with van der Waals surface area (Å²) in [5, 5.41) is 22.7. The van der Waals surface area contributed by atoms with Gasteiger partial charge >= 0.3 is 0 Å². The number of hydrogen-bond donors (Lipinski definition) is 0. The maximum absolute atomic E-state index is 6.37. The van der Waals surface area contributed by atoms with Gasteiger partial charge in [0.2, 0.25) is 0 Å². The number of para-hydroxylation sites is 6. The first-order valence-electron chi connectivity index (χ1n) is 50.5. The molecule has 0 radical (unpaired) electrons. The molecular weight excluding hydrogens is 1860 g/mol. The Balaban J connectivity index is 0.000000104. The number of rotatable bonds is 10. The average molecular weight is 1950 g/mol. The molecule has 28 aromatic rings. The van der Waals surface area contributed by atoms with E-state index < -0.39 is 24.2 Å². The second-order valence-corrected chi connectivity index (χ2v) is 54.5. The lowest BCUT2D eigenvalue weighted by atomic mass is 10.00. The lowest BCUT2D eigenvalue weighted by Gasteiger charge is -2.19. The molecule has 0 fully saturated rings. The Bertz CT molecular complexity index is 10000. The molecule has 3 aliphatic rings. The number of furan rings is 1. The van der Waals surface area contributed by atoms with Crippen LogP contribution in [0.4, 0.5) is 0 Å². The summed E-state index contributed by atoms with van der Waals surface area (Å²) in [6.07, 6.45) is 0. The number of fused-ring (bicyclic) bond motifs is 30. The van der Waals surface area contributed by atoms with Gasteiger partial charge in [-0.15, -0.1) is 11.3 Å². The Hall–Kier alpha value is -17.7. The van der Waals surface area contributed by atoms with E-state index in [9.17, 15) is 0 Å². The molecule has 12 heterocycles. The molecule has 0 N–H and O–H groups in total. The van der Waals surface area contributed by atoms with Crippen molar-refractivity contribution in [1.29, 1.82) is 0 Å². The fourth-order valence-electron chi connectivity index (χ4n) is 24.5. The first kappa shape index (κ1) is 86.0. The Kier molecular flexibility index (Phi) is 19.4. The highest BCUT2D eigenvalue weighted by molar-refractivity contribution is 7.26. The molecule has 0 saturated carbocycles. The van der Waals surface area contributed by atoms with Gasteiger partial charge in [-0.3, -0.25) is 0 Å². The molecule has 0 aliphatic carbocycles. The lowest BCUT2D eigenvalue weighted by molar-refractivity contribution is 0.669. The van der Waals surface area contributed by atoms with Crippen molar-refractivity contribution in [3.05, 3.63) is 449 Å². The largest absolute Gasteiger partial charge is 0.456 e. The molecule has 3 aliphatic heterocycles. The third-order valence-electron chi connectivity index (χ3n) is 31.2. The number of aromatic nitrogens is 10. The zero-order valence-corrected chi connectivity index (χ0v) is 85.3. The zero-order valence-electron chi connectivity index (χ0n) is 81.5. The van der Waals surface area contributed by atoms with Gasteiger partial charge in [-0.2, -0.15) is 0 Å². The second-order valence-electron chi connectivity index (χ2n) is 40.6. The van der Waals surface area contributed by atoms with E-state index >= 15 is 0 Å². The Morgan fingerprint density at radius 3 is 0.980 bits per heavy atom. The molecule has 9 aromatic heterocycles.